The number of nitrogens with zero attached hydrogens (tertiary/aromatic N) is 2. The lowest BCUT2D eigenvalue weighted by atomic mass is 9.95. The van der Waals surface area contributed by atoms with Crippen LogP contribution in [0.5, 0.6) is 0 Å². The van der Waals surface area contributed by atoms with Crippen molar-refractivity contribution in [3.05, 3.63) is 181 Å². The Kier molecular flexibility index (Phi) is 7.50. The molecule has 0 aliphatic carbocycles. The van der Waals surface area contributed by atoms with Crippen LogP contribution in [-0.4, -0.2) is 9.13 Å². The van der Waals surface area contributed by atoms with E-state index in [1.807, 2.05) is 11.3 Å². The minimum Gasteiger partial charge on any atom is -0.309 e. The van der Waals surface area contributed by atoms with Crippen molar-refractivity contribution in [2.45, 2.75) is 26.2 Å². The molecule has 0 saturated carbocycles. The average Bonchev–Trinajstić information content (AvgIpc) is 3.91. The second kappa shape index (κ2) is 12.9. The number of thiophene rings is 1. The summed E-state index contributed by atoms with van der Waals surface area (Å²) in [6.45, 7) is 2.28. The summed E-state index contributed by atoms with van der Waals surface area (Å²) in [6, 6.07) is 65.1. The molecule has 0 atom stereocenters. The third-order valence-corrected chi connectivity index (χ3v) is 12.8. The zero-order valence-corrected chi connectivity index (χ0v) is 31.5. The first kappa shape index (κ1) is 32.0. The molecule has 11 aromatic rings. The molecule has 0 aliphatic rings. The Bertz CT molecular complexity index is 3230. The summed E-state index contributed by atoms with van der Waals surface area (Å²) < 4.78 is 7.61. The Labute approximate surface area is 324 Å². The highest BCUT2D eigenvalue weighted by Gasteiger charge is 2.18. The lowest BCUT2D eigenvalue weighted by Gasteiger charge is -2.12. The van der Waals surface area contributed by atoms with Crippen LogP contribution in [0.25, 0.3) is 97.4 Å². The lowest BCUT2D eigenvalue weighted by Crippen LogP contribution is -1.94. The van der Waals surface area contributed by atoms with Gasteiger partial charge in [0, 0.05) is 53.1 Å². The van der Waals surface area contributed by atoms with Crippen molar-refractivity contribution in [2.24, 2.45) is 0 Å². The first-order chi connectivity index (χ1) is 27.2. The normalized spacial score (nSPS) is 11.9. The summed E-state index contributed by atoms with van der Waals surface area (Å²) in [6.07, 6.45) is 3.55. The molecule has 0 radical (unpaired) electrons. The molecule has 3 heterocycles. The summed E-state index contributed by atoms with van der Waals surface area (Å²) in [4.78, 5) is 0. The Morgan fingerprint density at radius 1 is 0.436 bits per heavy atom. The van der Waals surface area contributed by atoms with Crippen molar-refractivity contribution in [2.75, 3.05) is 0 Å². The fourth-order valence-electron chi connectivity index (χ4n) is 8.91. The van der Waals surface area contributed by atoms with Crippen molar-refractivity contribution in [1.82, 2.24) is 9.13 Å². The number of aryl methyl sites for hydroxylation is 1. The number of aromatic nitrogens is 2. The molecule has 3 aromatic heterocycles. The van der Waals surface area contributed by atoms with Crippen molar-refractivity contribution in [3.63, 3.8) is 0 Å². The SMILES string of the molecule is CCCCc1ccc(-c2ccc(-n3c4ccccc4c4cc(-c5ccc6c(c5)c5ccccc5n6-c5ccccc5)ccc43)cc2)c2c1sc1ccccc12. The van der Waals surface area contributed by atoms with Crippen LogP contribution in [0.4, 0.5) is 0 Å². The van der Waals surface area contributed by atoms with E-state index in [1.54, 1.807) is 0 Å². The predicted molar refractivity (Wildman–Crippen MR) is 237 cm³/mol. The number of fused-ring (bicyclic) bond motifs is 9. The topological polar surface area (TPSA) is 9.86 Å². The summed E-state index contributed by atoms with van der Waals surface area (Å²) >= 11 is 1.95. The molecule has 3 heteroatoms. The number of benzene rings is 8. The fraction of sp³-hybridized carbons (Fsp3) is 0.0769. The Morgan fingerprint density at radius 2 is 0.964 bits per heavy atom. The number of para-hydroxylation sites is 3. The molecular formula is C52H38N2S. The zero-order chi connectivity index (χ0) is 36.5. The van der Waals surface area contributed by atoms with Gasteiger partial charge in [-0.15, -0.1) is 11.3 Å². The smallest absolute Gasteiger partial charge is 0.0541 e. The lowest BCUT2D eigenvalue weighted by molar-refractivity contribution is 0.800. The van der Waals surface area contributed by atoms with E-state index in [0.29, 0.717) is 0 Å². The first-order valence-electron chi connectivity index (χ1n) is 19.4. The average molecular weight is 723 g/mol. The predicted octanol–water partition coefficient (Wildman–Crippen LogP) is 14.9. The standard InChI is InChI=1S/C52H38N2S/c1-2-3-13-35-24-29-40(51-43-18-9-12-21-50(43)55-52(35)51)34-22-27-39(28-23-34)54-47-20-11-8-17-42(47)45-33-37(26-31-49(45)54)36-25-30-48-44(32-36)41-16-7-10-19-46(41)53(48)38-14-5-4-6-15-38/h4-12,14-33H,2-3,13H2,1H3. The third-order valence-electron chi connectivity index (χ3n) is 11.5. The minimum absolute atomic E-state index is 1.13. The van der Waals surface area contributed by atoms with E-state index in [9.17, 15) is 0 Å². The number of rotatable bonds is 7. The second-order valence-corrected chi connectivity index (χ2v) is 15.8. The van der Waals surface area contributed by atoms with E-state index >= 15 is 0 Å². The highest BCUT2D eigenvalue weighted by Crippen LogP contribution is 2.43. The molecule has 0 spiro atoms. The monoisotopic (exact) mass is 722 g/mol. The van der Waals surface area contributed by atoms with Crippen LogP contribution in [0.15, 0.2) is 176 Å². The fourth-order valence-corrected chi connectivity index (χ4v) is 10.2. The van der Waals surface area contributed by atoms with Gasteiger partial charge in [0.05, 0.1) is 22.1 Å². The van der Waals surface area contributed by atoms with Crippen LogP contribution in [0.1, 0.15) is 25.3 Å². The van der Waals surface area contributed by atoms with Crippen LogP contribution >= 0.6 is 11.3 Å². The zero-order valence-electron chi connectivity index (χ0n) is 30.7. The molecule has 0 fully saturated rings. The van der Waals surface area contributed by atoms with E-state index in [-0.39, 0.29) is 0 Å². The van der Waals surface area contributed by atoms with Crippen LogP contribution in [-0.2, 0) is 6.42 Å². The van der Waals surface area contributed by atoms with Crippen molar-refractivity contribution in [1.29, 1.82) is 0 Å². The maximum absolute atomic E-state index is 2.43. The van der Waals surface area contributed by atoms with Crippen LogP contribution in [0.3, 0.4) is 0 Å². The highest BCUT2D eigenvalue weighted by atomic mass is 32.1. The third kappa shape index (κ3) is 5.07. The van der Waals surface area contributed by atoms with Gasteiger partial charge in [0.2, 0.25) is 0 Å². The van der Waals surface area contributed by atoms with Gasteiger partial charge in [-0.25, -0.2) is 0 Å². The Hall–Kier alpha value is -6.42. The van der Waals surface area contributed by atoms with Crippen LogP contribution in [0, 0.1) is 0 Å². The molecule has 8 aromatic carbocycles. The van der Waals surface area contributed by atoms with Crippen molar-refractivity contribution < 1.29 is 0 Å². The molecular weight excluding hydrogens is 685 g/mol. The molecule has 0 bridgehead atoms. The molecule has 262 valence electrons. The minimum atomic E-state index is 1.13. The molecule has 0 N–H and O–H groups in total. The number of hydrogen-bond acceptors (Lipinski definition) is 1. The van der Waals surface area contributed by atoms with Gasteiger partial charge in [-0.2, -0.15) is 0 Å². The highest BCUT2D eigenvalue weighted by molar-refractivity contribution is 7.26. The van der Waals surface area contributed by atoms with Gasteiger partial charge < -0.3 is 9.13 Å². The van der Waals surface area contributed by atoms with Gasteiger partial charge in [0.25, 0.3) is 0 Å². The maximum Gasteiger partial charge on any atom is 0.0541 e. The van der Waals surface area contributed by atoms with E-state index < -0.39 is 0 Å². The molecule has 2 nitrogen and oxygen atoms in total. The summed E-state index contributed by atoms with van der Waals surface area (Å²) in [7, 11) is 0. The van der Waals surface area contributed by atoms with Crippen LogP contribution in [0.2, 0.25) is 0 Å². The number of hydrogen-bond donors (Lipinski definition) is 0. The largest absolute Gasteiger partial charge is 0.309 e. The van der Waals surface area contributed by atoms with E-state index in [0.717, 1.165) is 6.42 Å². The summed E-state index contributed by atoms with van der Waals surface area (Å²) in [5.74, 6) is 0. The summed E-state index contributed by atoms with van der Waals surface area (Å²) in [5, 5.41) is 7.82. The van der Waals surface area contributed by atoms with Gasteiger partial charge >= 0.3 is 0 Å². The molecule has 0 aliphatic heterocycles. The molecule has 55 heavy (non-hydrogen) atoms. The van der Waals surface area contributed by atoms with Gasteiger partial charge in [-0.05, 0) is 107 Å². The maximum atomic E-state index is 2.43. The molecule has 0 amide bonds. The second-order valence-electron chi connectivity index (χ2n) is 14.7. The van der Waals surface area contributed by atoms with Crippen LogP contribution < -0.4 is 0 Å². The van der Waals surface area contributed by atoms with Crippen molar-refractivity contribution >= 4 is 75.1 Å². The first-order valence-corrected chi connectivity index (χ1v) is 20.2. The van der Waals surface area contributed by atoms with Gasteiger partial charge in [-0.3, -0.25) is 0 Å². The Balaban J connectivity index is 1.02. The van der Waals surface area contributed by atoms with Gasteiger partial charge in [0.15, 0.2) is 0 Å². The summed E-state index contributed by atoms with van der Waals surface area (Å²) in [5.41, 5.74) is 13.7. The quantitative estimate of drug-likeness (QED) is 0.155. The number of unbranched alkanes of at least 4 members (excludes halogenated alkanes) is 1. The van der Waals surface area contributed by atoms with E-state index in [1.165, 1.54) is 116 Å². The van der Waals surface area contributed by atoms with Gasteiger partial charge in [-0.1, -0.05) is 123 Å². The van der Waals surface area contributed by atoms with E-state index in [2.05, 4.69) is 192 Å². The Morgan fingerprint density at radius 3 is 1.60 bits per heavy atom. The molecule has 0 saturated heterocycles. The molecule has 11 rings (SSSR count). The van der Waals surface area contributed by atoms with Crippen molar-refractivity contribution in [3.8, 4) is 33.6 Å². The molecule has 0 unspecified atom stereocenters. The van der Waals surface area contributed by atoms with E-state index in [4.69, 9.17) is 0 Å². The van der Waals surface area contributed by atoms with Gasteiger partial charge in [0.1, 0.15) is 0 Å².